The molecule has 0 radical (unpaired) electrons. The Morgan fingerprint density at radius 1 is 1.10 bits per heavy atom. The zero-order valence-electron chi connectivity index (χ0n) is 7.57. The molecule has 2 N–H and O–H groups in total. The Kier molecular flexibility index (Phi) is 5.40. The Hall–Kier alpha value is 0.465. The third kappa shape index (κ3) is 3.04. The summed E-state index contributed by atoms with van der Waals surface area (Å²) in [6, 6.07) is 8.66. The molecule has 0 aromatic heterocycles. The molecular formula is C6H9BCaO2. The van der Waals surface area contributed by atoms with Crippen LogP contribution in [0, 0.1) is 0 Å². The largest absolute Gasteiger partial charge is 2.00 e. The summed E-state index contributed by atoms with van der Waals surface area (Å²) in [5, 5.41) is 17.2. The average Bonchev–Trinajstić information content (AvgIpc) is 1.90. The van der Waals surface area contributed by atoms with Crippen LogP contribution in [-0.2, 0) is 0 Å². The maximum atomic E-state index is 8.58. The van der Waals surface area contributed by atoms with Crippen molar-refractivity contribution in [1.82, 2.24) is 0 Å². The van der Waals surface area contributed by atoms with Crippen LogP contribution in [0.5, 0.6) is 0 Å². The average molecular weight is 164 g/mol. The minimum atomic E-state index is -1.34. The molecule has 4 heteroatoms. The van der Waals surface area contributed by atoms with E-state index in [0.29, 0.717) is 5.46 Å². The van der Waals surface area contributed by atoms with Crippen molar-refractivity contribution in [2.45, 2.75) is 0 Å². The summed E-state index contributed by atoms with van der Waals surface area (Å²) in [6.45, 7) is 0. The first-order valence-electron chi connectivity index (χ1n) is 2.72. The van der Waals surface area contributed by atoms with Gasteiger partial charge in [0.05, 0.1) is 0 Å². The second kappa shape index (κ2) is 5.16. The van der Waals surface area contributed by atoms with Gasteiger partial charge in [0.15, 0.2) is 0 Å². The number of benzene rings is 1. The van der Waals surface area contributed by atoms with Gasteiger partial charge in [0, 0.05) is 0 Å². The molecule has 0 aliphatic rings. The molecule has 0 atom stereocenters. The molecule has 0 bridgehead atoms. The van der Waals surface area contributed by atoms with Crippen molar-refractivity contribution in [3.63, 3.8) is 0 Å². The molecule has 0 fully saturated rings. The van der Waals surface area contributed by atoms with Gasteiger partial charge in [0.1, 0.15) is 0 Å². The molecule has 1 aromatic carbocycles. The van der Waals surface area contributed by atoms with Gasteiger partial charge in [-0.3, -0.25) is 0 Å². The molecule has 0 amide bonds. The third-order valence-electron chi connectivity index (χ3n) is 1.10. The van der Waals surface area contributed by atoms with E-state index in [4.69, 9.17) is 10.0 Å². The summed E-state index contributed by atoms with van der Waals surface area (Å²) in [5.41, 5.74) is 0.525. The van der Waals surface area contributed by atoms with Crippen LogP contribution in [0.25, 0.3) is 0 Å². The molecule has 0 heterocycles. The van der Waals surface area contributed by atoms with Crippen molar-refractivity contribution in [2.75, 3.05) is 0 Å². The molecule has 0 unspecified atom stereocenters. The molecule has 0 aliphatic carbocycles. The van der Waals surface area contributed by atoms with E-state index < -0.39 is 7.12 Å². The Morgan fingerprint density at radius 3 is 1.90 bits per heavy atom. The molecule has 10 heavy (non-hydrogen) atoms. The van der Waals surface area contributed by atoms with Gasteiger partial charge >= 0.3 is 44.9 Å². The summed E-state index contributed by atoms with van der Waals surface area (Å²) in [6.07, 6.45) is 0. The zero-order chi connectivity index (χ0) is 6.69. The van der Waals surface area contributed by atoms with Gasteiger partial charge in [-0.1, -0.05) is 30.3 Å². The zero-order valence-corrected chi connectivity index (χ0v) is 7.77. The van der Waals surface area contributed by atoms with Crippen molar-refractivity contribution < 1.29 is 12.9 Å². The third-order valence-corrected chi connectivity index (χ3v) is 1.10. The minimum Gasteiger partial charge on any atom is -1.00 e. The first-order valence-corrected chi connectivity index (χ1v) is 2.72. The van der Waals surface area contributed by atoms with Crippen LogP contribution in [0.15, 0.2) is 30.3 Å². The predicted molar refractivity (Wildman–Crippen MR) is 44.2 cm³/mol. The second-order valence-corrected chi connectivity index (χ2v) is 1.78. The van der Waals surface area contributed by atoms with Crippen LogP contribution in [0.2, 0.25) is 0 Å². The summed E-state index contributed by atoms with van der Waals surface area (Å²) >= 11 is 0. The van der Waals surface area contributed by atoms with Gasteiger partial charge in [0.25, 0.3) is 0 Å². The summed E-state index contributed by atoms with van der Waals surface area (Å²) in [5.74, 6) is 0. The monoisotopic (exact) mass is 164 g/mol. The smallest absolute Gasteiger partial charge is 1.00 e. The fraction of sp³-hybridized carbons (Fsp3) is 0. The quantitative estimate of drug-likeness (QED) is 0.534. The second-order valence-electron chi connectivity index (χ2n) is 1.78. The molecule has 2 nitrogen and oxygen atoms in total. The Balaban J connectivity index is -0.000000270. The summed E-state index contributed by atoms with van der Waals surface area (Å²) in [4.78, 5) is 0. The summed E-state index contributed by atoms with van der Waals surface area (Å²) in [7, 11) is -1.34. The molecule has 0 saturated heterocycles. The first-order chi connectivity index (χ1) is 4.30. The summed E-state index contributed by atoms with van der Waals surface area (Å²) < 4.78 is 0. The normalized spacial score (nSPS) is 8.20. The predicted octanol–water partition coefficient (Wildman–Crippen LogP) is -0.789. The van der Waals surface area contributed by atoms with E-state index in [1.165, 1.54) is 0 Å². The maximum Gasteiger partial charge on any atom is 2.00 e. The van der Waals surface area contributed by atoms with E-state index >= 15 is 0 Å². The number of hydrogen-bond donors (Lipinski definition) is 2. The minimum absolute atomic E-state index is 0. The van der Waals surface area contributed by atoms with Crippen LogP contribution < -0.4 is 5.46 Å². The van der Waals surface area contributed by atoms with E-state index in [-0.39, 0.29) is 40.6 Å². The van der Waals surface area contributed by atoms with Gasteiger partial charge < -0.3 is 12.9 Å². The maximum absolute atomic E-state index is 8.58. The number of rotatable bonds is 1. The molecule has 0 aliphatic heterocycles. The SMILES string of the molecule is OB(O)c1ccccc1.[Ca+2].[H-].[H-]. The Labute approximate surface area is 93.0 Å². The van der Waals surface area contributed by atoms with Crippen LogP contribution in [0.4, 0.5) is 0 Å². The Morgan fingerprint density at radius 2 is 1.60 bits per heavy atom. The van der Waals surface area contributed by atoms with E-state index in [1.807, 2.05) is 6.07 Å². The van der Waals surface area contributed by atoms with Crippen LogP contribution in [0.1, 0.15) is 2.85 Å². The standard InChI is InChI=1S/C6H7BO2.Ca.2H/c8-7(9)6-4-2-1-3-5-6;;;/h1-5,8-9H;;;/q;+2;2*-1. The van der Waals surface area contributed by atoms with Crippen molar-refractivity contribution in [2.24, 2.45) is 0 Å². The van der Waals surface area contributed by atoms with E-state index in [2.05, 4.69) is 0 Å². The van der Waals surface area contributed by atoms with Gasteiger partial charge in [0.2, 0.25) is 0 Å². The van der Waals surface area contributed by atoms with E-state index in [1.54, 1.807) is 24.3 Å². The molecule has 1 rings (SSSR count). The number of hydrogen-bond acceptors (Lipinski definition) is 2. The van der Waals surface area contributed by atoms with Gasteiger partial charge in [-0.15, -0.1) is 0 Å². The van der Waals surface area contributed by atoms with Crippen LogP contribution in [-0.4, -0.2) is 54.9 Å². The molecule has 50 valence electrons. The topological polar surface area (TPSA) is 40.5 Å². The van der Waals surface area contributed by atoms with Crippen molar-refractivity contribution in [3.8, 4) is 0 Å². The van der Waals surface area contributed by atoms with Gasteiger partial charge in [-0.2, -0.15) is 0 Å². The van der Waals surface area contributed by atoms with E-state index in [9.17, 15) is 0 Å². The molecule has 1 aromatic rings. The fourth-order valence-electron chi connectivity index (χ4n) is 0.625. The fourth-order valence-corrected chi connectivity index (χ4v) is 0.625. The molecule has 0 saturated carbocycles. The van der Waals surface area contributed by atoms with Crippen molar-refractivity contribution >= 4 is 50.3 Å². The van der Waals surface area contributed by atoms with Crippen LogP contribution >= 0.6 is 0 Å². The molecule has 0 spiro atoms. The molecular weight excluding hydrogens is 155 g/mol. The van der Waals surface area contributed by atoms with Crippen molar-refractivity contribution in [3.05, 3.63) is 30.3 Å². The van der Waals surface area contributed by atoms with E-state index in [0.717, 1.165) is 0 Å². The van der Waals surface area contributed by atoms with Crippen molar-refractivity contribution in [1.29, 1.82) is 0 Å². The van der Waals surface area contributed by atoms with Crippen LogP contribution in [0.3, 0.4) is 0 Å². The first kappa shape index (κ1) is 10.5. The Bertz CT molecular complexity index is 186. The van der Waals surface area contributed by atoms with Gasteiger partial charge in [-0.25, -0.2) is 0 Å². The van der Waals surface area contributed by atoms with Gasteiger partial charge in [-0.05, 0) is 5.46 Å².